The molecule has 6 rings (SSSR count). The smallest absolute Gasteiger partial charge is 0.463 e. The van der Waals surface area contributed by atoms with Crippen LogP contribution in [0.25, 0.3) is 11.0 Å². The average molecular weight is 579 g/mol. The van der Waals surface area contributed by atoms with Crippen LogP contribution in [0.3, 0.4) is 0 Å². The van der Waals surface area contributed by atoms with Gasteiger partial charge in [0.2, 0.25) is 5.91 Å². The maximum Gasteiger partial charge on any atom is 0.494 e. The molecular formula is C31H36BF2N3O5. The summed E-state index contributed by atoms with van der Waals surface area (Å²) in [6, 6.07) is 9.13. The molecule has 3 heterocycles. The zero-order valence-corrected chi connectivity index (χ0v) is 24.7. The summed E-state index contributed by atoms with van der Waals surface area (Å²) in [5, 5.41) is 0. The van der Waals surface area contributed by atoms with Crippen LogP contribution in [0.1, 0.15) is 91.1 Å². The van der Waals surface area contributed by atoms with Crippen LogP contribution >= 0.6 is 0 Å². The molecule has 1 atom stereocenters. The maximum absolute atomic E-state index is 14.3. The number of hydrogen-bond donors (Lipinski definition) is 0. The van der Waals surface area contributed by atoms with Crippen LogP contribution in [0.4, 0.5) is 14.5 Å². The molecule has 11 heteroatoms. The number of amides is 1. The van der Waals surface area contributed by atoms with Gasteiger partial charge in [0.15, 0.2) is 11.6 Å². The largest absolute Gasteiger partial charge is 0.494 e. The van der Waals surface area contributed by atoms with Crippen molar-refractivity contribution in [2.45, 2.75) is 103 Å². The molecule has 1 saturated carbocycles. The summed E-state index contributed by atoms with van der Waals surface area (Å²) in [7, 11) is -0.557. The fraction of sp³-hybridized carbons (Fsp3) is 0.516. The van der Waals surface area contributed by atoms with Crippen molar-refractivity contribution in [3.8, 4) is 0 Å². The number of halogens is 2. The summed E-state index contributed by atoms with van der Waals surface area (Å²) < 4.78 is 48.3. The number of imidazole rings is 1. The number of ether oxygens (including phenoxy) is 1. The summed E-state index contributed by atoms with van der Waals surface area (Å²) in [6.45, 7) is 9.46. The van der Waals surface area contributed by atoms with E-state index >= 15 is 0 Å². The molecule has 222 valence electrons. The van der Waals surface area contributed by atoms with Crippen LogP contribution in [0.15, 0.2) is 36.4 Å². The van der Waals surface area contributed by atoms with E-state index in [0.717, 1.165) is 41.5 Å². The predicted octanol–water partition coefficient (Wildman–Crippen LogP) is 5.53. The first-order chi connectivity index (χ1) is 19.8. The standard InChI is InChI=1S/C31H36BF2N3O5/c1-18(38)40-22-10-7-20(8-11-22)37-26-13-6-19(32-41-30(2,3)31(4,5)42-32)16-25(26)35-29(37)27-14-15-28(39)36(27)21-9-12-23(33)24(34)17-21/h6,9,12-13,16-17,20,22,27H,7-8,10-11,14-15H2,1-5H3. The molecule has 1 unspecified atom stereocenters. The van der Waals surface area contributed by atoms with Crippen molar-refractivity contribution in [2.75, 3.05) is 4.90 Å². The van der Waals surface area contributed by atoms with E-state index in [2.05, 4.69) is 4.57 Å². The average Bonchev–Trinajstić information content (AvgIpc) is 3.55. The van der Waals surface area contributed by atoms with Crippen molar-refractivity contribution in [3.63, 3.8) is 0 Å². The van der Waals surface area contributed by atoms with Gasteiger partial charge in [0, 0.05) is 31.1 Å². The van der Waals surface area contributed by atoms with Gasteiger partial charge < -0.3 is 23.5 Å². The van der Waals surface area contributed by atoms with E-state index in [1.54, 1.807) is 4.90 Å². The van der Waals surface area contributed by atoms with Crippen LogP contribution in [-0.4, -0.2) is 45.9 Å². The number of carbonyl (C=O) groups is 2. The number of aromatic nitrogens is 2. The lowest BCUT2D eigenvalue weighted by Gasteiger charge is -2.32. The molecule has 3 aliphatic rings. The Balaban J connectivity index is 1.41. The fourth-order valence-corrected chi connectivity index (χ4v) is 6.42. The van der Waals surface area contributed by atoms with Gasteiger partial charge in [-0.05, 0) is 89.5 Å². The Morgan fingerprint density at radius 3 is 2.31 bits per heavy atom. The van der Waals surface area contributed by atoms with Gasteiger partial charge in [0.05, 0.1) is 28.3 Å². The number of rotatable bonds is 5. The van der Waals surface area contributed by atoms with Gasteiger partial charge in [-0.2, -0.15) is 0 Å². The molecule has 8 nitrogen and oxygen atoms in total. The van der Waals surface area contributed by atoms with E-state index < -0.39 is 36.0 Å². The lowest BCUT2D eigenvalue weighted by molar-refractivity contribution is -0.148. The molecule has 2 saturated heterocycles. The molecule has 1 aromatic heterocycles. The third kappa shape index (κ3) is 5.00. The van der Waals surface area contributed by atoms with Gasteiger partial charge in [-0.25, -0.2) is 13.8 Å². The Kier molecular flexibility index (Phi) is 7.16. The number of nitrogens with zero attached hydrogens (tertiary/aromatic N) is 3. The molecule has 3 aromatic rings. The molecule has 1 amide bonds. The summed E-state index contributed by atoms with van der Waals surface area (Å²) in [4.78, 5) is 31.3. The number of benzene rings is 2. The highest BCUT2D eigenvalue weighted by Gasteiger charge is 2.52. The molecular weight excluding hydrogens is 543 g/mol. The second-order valence-electron chi connectivity index (χ2n) is 12.6. The maximum atomic E-state index is 14.3. The van der Waals surface area contributed by atoms with Crippen LogP contribution in [0.2, 0.25) is 0 Å². The van der Waals surface area contributed by atoms with Gasteiger partial charge >= 0.3 is 13.1 Å². The second-order valence-corrected chi connectivity index (χ2v) is 12.6. The topological polar surface area (TPSA) is 82.9 Å². The third-order valence-corrected chi connectivity index (χ3v) is 9.30. The summed E-state index contributed by atoms with van der Waals surface area (Å²) in [6.07, 6.45) is 3.60. The normalized spacial score (nSPS) is 25.4. The number of fused-ring (bicyclic) bond motifs is 1. The molecule has 0 N–H and O–H groups in total. The number of carbonyl (C=O) groups excluding carboxylic acids is 2. The highest BCUT2D eigenvalue weighted by Crippen LogP contribution is 2.42. The molecule has 3 fully saturated rings. The lowest BCUT2D eigenvalue weighted by atomic mass is 9.79. The monoisotopic (exact) mass is 579 g/mol. The van der Waals surface area contributed by atoms with Gasteiger partial charge in [-0.15, -0.1) is 0 Å². The molecule has 1 aliphatic carbocycles. The quantitative estimate of drug-likeness (QED) is 0.292. The van der Waals surface area contributed by atoms with Gasteiger partial charge in [0.25, 0.3) is 0 Å². The SMILES string of the molecule is CC(=O)OC1CCC(n2c(C3CCC(=O)N3c3ccc(F)c(F)c3)nc3cc(B4OC(C)(C)C(C)(C)O4)ccc32)CC1. The number of hydrogen-bond acceptors (Lipinski definition) is 6. The highest BCUT2D eigenvalue weighted by atomic mass is 19.2. The molecule has 0 bridgehead atoms. The van der Waals surface area contributed by atoms with E-state index in [1.165, 1.54) is 13.0 Å². The first kappa shape index (κ1) is 28.8. The van der Waals surface area contributed by atoms with Crippen LogP contribution < -0.4 is 10.4 Å². The minimum Gasteiger partial charge on any atom is -0.463 e. The number of esters is 1. The second kappa shape index (κ2) is 10.4. The lowest BCUT2D eigenvalue weighted by Crippen LogP contribution is -2.41. The van der Waals surface area contributed by atoms with Crippen molar-refractivity contribution in [3.05, 3.63) is 53.9 Å². The Morgan fingerprint density at radius 1 is 0.976 bits per heavy atom. The first-order valence-corrected chi connectivity index (χ1v) is 14.7. The molecule has 42 heavy (non-hydrogen) atoms. The minimum atomic E-state index is -1.00. The Morgan fingerprint density at radius 2 is 1.67 bits per heavy atom. The third-order valence-electron chi connectivity index (χ3n) is 9.30. The number of anilines is 1. The van der Waals surface area contributed by atoms with E-state index in [9.17, 15) is 18.4 Å². The van der Waals surface area contributed by atoms with E-state index in [1.807, 2.05) is 45.9 Å². The molecule has 0 spiro atoms. The van der Waals surface area contributed by atoms with Crippen molar-refractivity contribution >= 4 is 41.2 Å². The zero-order valence-electron chi connectivity index (χ0n) is 24.7. The first-order valence-electron chi connectivity index (χ1n) is 14.7. The van der Waals surface area contributed by atoms with Gasteiger partial charge in [-0.3, -0.25) is 9.59 Å². The van der Waals surface area contributed by atoms with Crippen LogP contribution in [-0.2, 0) is 23.6 Å². The Labute approximate surface area is 244 Å². The fourth-order valence-electron chi connectivity index (χ4n) is 6.42. The van der Waals surface area contributed by atoms with Crippen molar-refractivity contribution < 1.29 is 32.4 Å². The molecule has 2 aromatic carbocycles. The van der Waals surface area contributed by atoms with Gasteiger partial charge in [0.1, 0.15) is 11.9 Å². The molecule has 0 radical (unpaired) electrons. The Bertz CT molecular complexity index is 1530. The van der Waals surface area contributed by atoms with Crippen LogP contribution in [0, 0.1) is 11.6 Å². The summed E-state index contributed by atoms with van der Waals surface area (Å²) >= 11 is 0. The van der Waals surface area contributed by atoms with Crippen molar-refractivity contribution in [1.82, 2.24) is 9.55 Å². The van der Waals surface area contributed by atoms with Crippen molar-refractivity contribution in [2.24, 2.45) is 0 Å². The predicted molar refractivity (Wildman–Crippen MR) is 154 cm³/mol. The van der Waals surface area contributed by atoms with Crippen LogP contribution in [0.5, 0.6) is 0 Å². The van der Waals surface area contributed by atoms with E-state index in [0.29, 0.717) is 30.8 Å². The zero-order chi connectivity index (χ0) is 30.0. The highest BCUT2D eigenvalue weighted by molar-refractivity contribution is 6.62. The van der Waals surface area contributed by atoms with Gasteiger partial charge in [-0.1, -0.05) is 6.07 Å². The minimum absolute atomic E-state index is 0.0574. The summed E-state index contributed by atoms with van der Waals surface area (Å²) in [5.41, 5.74) is 1.81. The van der Waals surface area contributed by atoms with E-state index in [4.69, 9.17) is 19.0 Å². The summed E-state index contributed by atoms with van der Waals surface area (Å²) in [5.74, 6) is -1.72. The van der Waals surface area contributed by atoms with Crippen molar-refractivity contribution in [1.29, 1.82) is 0 Å². The van der Waals surface area contributed by atoms with E-state index in [-0.39, 0.29) is 30.4 Å². The Hall–Kier alpha value is -3.31. The molecule has 2 aliphatic heterocycles.